The first-order valence-electron chi connectivity index (χ1n) is 9.81. The van der Waals surface area contributed by atoms with Crippen LogP contribution in [0.25, 0.3) is 5.69 Å². The van der Waals surface area contributed by atoms with E-state index in [1.165, 1.54) is 4.68 Å². The van der Waals surface area contributed by atoms with E-state index in [0.29, 0.717) is 37.6 Å². The number of para-hydroxylation sites is 1. The molecule has 0 aliphatic carbocycles. The minimum absolute atomic E-state index is 0.0242. The molecule has 1 amide bonds. The first-order chi connectivity index (χ1) is 13.7. The lowest BCUT2D eigenvalue weighted by Gasteiger charge is -2.39. The number of halogens is 1. The zero-order valence-electron chi connectivity index (χ0n) is 17.4. The van der Waals surface area contributed by atoms with Crippen LogP contribution in [-0.2, 0) is 4.79 Å². The molecule has 1 unspecified atom stereocenters. The largest absolute Gasteiger partial charge is 0.366 e. The molecule has 1 aromatic carbocycles. The van der Waals surface area contributed by atoms with Crippen LogP contribution in [0, 0.1) is 0 Å². The second kappa shape index (κ2) is 8.55. The van der Waals surface area contributed by atoms with Crippen molar-refractivity contribution in [3.63, 3.8) is 0 Å². The van der Waals surface area contributed by atoms with E-state index in [1.54, 1.807) is 6.20 Å². The Morgan fingerprint density at radius 3 is 2.34 bits per heavy atom. The summed E-state index contributed by atoms with van der Waals surface area (Å²) in [7, 11) is 0. The monoisotopic (exact) mass is 417 g/mol. The highest BCUT2D eigenvalue weighted by Crippen LogP contribution is 2.23. The maximum atomic E-state index is 12.7. The zero-order chi connectivity index (χ0) is 21.2. The number of benzene rings is 1. The van der Waals surface area contributed by atoms with Gasteiger partial charge in [-0.3, -0.25) is 14.5 Å². The average Bonchev–Trinajstić information content (AvgIpc) is 2.69. The quantitative estimate of drug-likeness (QED) is 0.826. The molecule has 1 saturated heterocycles. The molecule has 3 rings (SSSR count). The van der Waals surface area contributed by atoms with Gasteiger partial charge in [-0.2, -0.15) is 9.78 Å². The van der Waals surface area contributed by atoms with E-state index >= 15 is 0 Å². The molecule has 0 saturated carbocycles. The number of hydrogen-bond acceptors (Lipinski definition) is 5. The Hall–Kier alpha value is -2.38. The first kappa shape index (κ1) is 21.3. The van der Waals surface area contributed by atoms with Crippen molar-refractivity contribution in [2.24, 2.45) is 0 Å². The summed E-state index contributed by atoms with van der Waals surface area (Å²) in [5, 5.41) is 7.50. The summed E-state index contributed by atoms with van der Waals surface area (Å²) in [5.74, 6) is 0.0242. The molecule has 1 aliphatic rings. The van der Waals surface area contributed by atoms with E-state index < -0.39 is 0 Å². The van der Waals surface area contributed by atoms with Crippen LogP contribution in [0.2, 0.25) is 5.02 Å². The van der Waals surface area contributed by atoms with Gasteiger partial charge in [-0.1, -0.05) is 29.8 Å². The lowest BCUT2D eigenvalue weighted by Crippen LogP contribution is -2.56. The van der Waals surface area contributed by atoms with Gasteiger partial charge in [-0.05, 0) is 39.8 Å². The van der Waals surface area contributed by atoms with Crippen molar-refractivity contribution in [3.05, 3.63) is 51.9 Å². The highest BCUT2D eigenvalue weighted by Gasteiger charge is 2.28. The number of piperazine rings is 1. The molecule has 2 heterocycles. The molecular weight excluding hydrogens is 390 g/mol. The molecule has 0 radical (unpaired) electrons. The predicted octanol–water partition coefficient (Wildman–Crippen LogP) is 2.31. The third-order valence-corrected chi connectivity index (χ3v) is 5.34. The van der Waals surface area contributed by atoms with Crippen LogP contribution in [0.3, 0.4) is 0 Å². The highest BCUT2D eigenvalue weighted by molar-refractivity contribution is 6.33. The summed E-state index contributed by atoms with van der Waals surface area (Å²) in [6.45, 7) is 10.6. The third kappa shape index (κ3) is 4.97. The Kier molecular flexibility index (Phi) is 6.29. The van der Waals surface area contributed by atoms with Crippen molar-refractivity contribution in [2.75, 3.05) is 31.1 Å². The van der Waals surface area contributed by atoms with Gasteiger partial charge in [0.15, 0.2) is 0 Å². The van der Waals surface area contributed by atoms with Crippen LogP contribution in [0.5, 0.6) is 0 Å². The smallest absolute Gasteiger partial charge is 0.292 e. The summed E-state index contributed by atoms with van der Waals surface area (Å²) >= 11 is 6.41. The number of carbonyl (C=O) groups is 1. The average molecular weight is 418 g/mol. The van der Waals surface area contributed by atoms with Crippen LogP contribution in [-0.4, -0.2) is 58.3 Å². The summed E-state index contributed by atoms with van der Waals surface area (Å²) in [6.07, 6.45) is 1.64. The van der Waals surface area contributed by atoms with E-state index in [9.17, 15) is 9.59 Å². The molecule has 1 aliphatic heterocycles. The van der Waals surface area contributed by atoms with Gasteiger partial charge in [0.25, 0.3) is 5.56 Å². The van der Waals surface area contributed by atoms with E-state index in [-0.39, 0.29) is 28.1 Å². The molecule has 0 bridgehead atoms. The molecule has 1 N–H and O–H groups in total. The number of amides is 1. The number of rotatable bonds is 4. The molecule has 156 valence electrons. The predicted molar refractivity (Wildman–Crippen MR) is 116 cm³/mol. The van der Waals surface area contributed by atoms with Crippen molar-refractivity contribution >= 4 is 23.2 Å². The number of aromatic nitrogens is 2. The van der Waals surface area contributed by atoms with Crippen molar-refractivity contribution < 1.29 is 4.79 Å². The summed E-state index contributed by atoms with van der Waals surface area (Å²) in [5.41, 5.74) is 0.718. The fourth-order valence-corrected chi connectivity index (χ4v) is 3.64. The molecule has 0 spiro atoms. The molecule has 1 atom stereocenters. The van der Waals surface area contributed by atoms with E-state index in [2.05, 4.69) is 20.2 Å². The standard InChI is InChI=1S/C21H28ClN5O2/c1-15(19(28)24-21(2,3)4)25-10-12-26(13-11-25)17-14-23-27(20(29)18(17)22)16-8-6-5-7-9-16/h5-9,14-15H,10-13H2,1-4H3,(H,24,28). The van der Waals surface area contributed by atoms with Gasteiger partial charge in [0.05, 0.1) is 23.6 Å². The van der Waals surface area contributed by atoms with Gasteiger partial charge in [0, 0.05) is 31.7 Å². The van der Waals surface area contributed by atoms with E-state index in [1.807, 2.05) is 58.0 Å². The fraction of sp³-hybridized carbons (Fsp3) is 0.476. The molecule has 2 aromatic rings. The van der Waals surface area contributed by atoms with Crippen LogP contribution in [0.4, 0.5) is 5.69 Å². The normalized spacial score (nSPS) is 16.5. The van der Waals surface area contributed by atoms with Gasteiger partial charge in [0.1, 0.15) is 5.02 Å². The van der Waals surface area contributed by atoms with Gasteiger partial charge in [-0.15, -0.1) is 0 Å². The van der Waals surface area contributed by atoms with E-state index in [4.69, 9.17) is 11.6 Å². The summed E-state index contributed by atoms with van der Waals surface area (Å²) in [4.78, 5) is 29.3. The Morgan fingerprint density at radius 2 is 1.76 bits per heavy atom. The molecule has 8 heteroatoms. The third-order valence-electron chi connectivity index (χ3n) is 4.98. The van der Waals surface area contributed by atoms with Crippen LogP contribution in [0.15, 0.2) is 41.3 Å². The molecule has 1 fully saturated rings. The number of hydrogen-bond donors (Lipinski definition) is 1. The van der Waals surface area contributed by atoms with Gasteiger partial charge in [0.2, 0.25) is 5.91 Å². The maximum Gasteiger partial charge on any atom is 0.292 e. The van der Waals surface area contributed by atoms with Crippen LogP contribution in [0.1, 0.15) is 27.7 Å². The second-order valence-corrected chi connectivity index (χ2v) is 8.71. The molecule has 29 heavy (non-hydrogen) atoms. The van der Waals surface area contributed by atoms with Crippen LogP contribution >= 0.6 is 11.6 Å². The Balaban J connectivity index is 1.69. The minimum atomic E-state index is -0.337. The maximum absolute atomic E-state index is 12.7. The number of anilines is 1. The van der Waals surface area contributed by atoms with Crippen LogP contribution < -0.4 is 15.8 Å². The van der Waals surface area contributed by atoms with Gasteiger partial charge >= 0.3 is 0 Å². The van der Waals surface area contributed by atoms with Crippen molar-refractivity contribution in [1.82, 2.24) is 20.0 Å². The lowest BCUT2D eigenvalue weighted by atomic mass is 10.1. The van der Waals surface area contributed by atoms with Crippen molar-refractivity contribution in [3.8, 4) is 5.69 Å². The van der Waals surface area contributed by atoms with E-state index in [0.717, 1.165) is 0 Å². The second-order valence-electron chi connectivity index (χ2n) is 8.33. The number of carbonyl (C=O) groups excluding carboxylic acids is 1. The Labute approximate surface area is 176 Å². The molecular formula is C21H28ClN5O2. The molecule has 1 aromatic heterocycles. The van der Waals surface area contributed by atoms with Gasteiger partial charge in [-0.25, -0.2) is 0 Å². The Morgan fingerprint density at radius 1 is 1.14 bits per heavy atom. The SMILES string of the molecule is CC(C(=O)NC(C)(C)C)N1CCN(c2cnn(-c3ccccc3)c(=O)c2Cl)CC1. The topological polar surface area (TPSA) is 70.5 Å². The summed E-state index contributed by atoms with van der Waals surface area (Å²) < 4.78 is 1.31. The van der Waals surface area contributed by atoms with Gasteiger partial charge < -0.3 is 10.2 Å². The lowest BCUT2D eigenvalue weighted by molar-refractivity contribution is -0.127. The highest BCUT2D eigenvalue weighted by atomic mass is 35.5. The number of nitrogens with one attached hydrogen (secondary N) is 1. The summed E-state index contributed by atoms with van der Waals surface area (Å²) in [6, 6.07) is 8.99. The minimum Gasteiger partial charge on any atom is -0.366 e. The first-order valence-corrected chi connectivity index (χ1v) is 10.2. The number of nitrogens with zero attached hydrogens (tertiary/aromatic N) is 4. The van der Waals surface area contributed by atoms with Crippen molar-refractivity contribution in [2.45, 2.75) is 39.3 Å². The fourth-order valence-electron chi connectivity index (χ4n) is 3.39. The molecule has 7 nitrogen and oxygen atoms in total. The zero-order valence-corrected chi connectivity index (χ0v) is 18.1. The Bertz CT molecular complexity index is 915. The van der Waals surface area contributed by atoms with Crippen molar-refractivity contribution in [1.29, 1.82) is 0 Å².